The topological polar surface area (TPSA) is 93.1 Å². The molecule has 124 valence electrons. The third-order valence-electron chi connectivity index (χ3n) is 3.14. The average molecular weight is 304 g/mol. The van der Waals surface area contributed by atoms with Gasteiger partial charge in [0, 0.05) is 26.1 Å². The first-order valence-corrected chi connectivity index (χ1v) is 7.69. The van der Waals surface area contributed by atoms with Crippen LogP contribution in [0.1, 0.15) is 58.8 Å². The fourth-order valence-corrected chi connectivity index (χ4v) is 1.77. The monoisotopic (exact) mass is 304 g/mol. The summed E-state index contributed by atoms with van der Waals surface area (Å²) >= 11 is 0. The van der Waals surface area contributed by atoms with Crippen molar-refractivity contribution in [2.45, 2.75) is 65.1 Å². The largest absolute Gasteiger partial charge is 0.481 e. The van der Waals surface area contributed by atoms with Gasteiger partial charge in [-0.1, -0.05) is 26.7 Å². The maximum absolute atomic E-state index is 11.2. The second kappa shape index (κ2) is 12.6. The van der Waals surface area contributed by atoms with Crippen molar-refractivity contribution >= 4 is 11.9 Å². The van der Waals surface area contributed by atoms with Gasteiger partial charge in [0.15, 0.2) is 6.29 Å². The van der Waals surface area contributed by atoms with E-state index in [4.69, 9.17) is 14.6 Å². The van der Waals surface area contributed by atoms with Gasteiger partial charge in [-0.3, -0.25) is 9.59 Å². The van der Waals surface area contributed by atoms with E-state index >= 15 is 0 Å². The molecule has 21 heavy (non-hydrogen) atoms. The smallest absolute Gasteiger partial charge is 0.306 e. The number of ether oxygens (including phenoxy) is 2. The Kier molecular flexibility index (Phi) is 11.9. The second-order valence-electron chi connectivity index (χ2n) is 5.08. The minimum Gasteiger partial charge on any atom is -0.481 e. The van der Waals surface area contributed by atoms with Crippen LogP contribution in [0.25, 0.3) is 0 Å². The molecule has 2 N–H and O–H groups in total. The Morgan fingerprint density at radius 3 is 1.90 bits per heavy atom. The molecule has 6 nitrogen and oxygen atoms in total. The molecule has 0 bridgehead atoms. The number of carboxylic acid groups (broad SMARTS) is 2. The van der Waals surface area contributed by atoms with Crippen molar-refractivity contribution in [3.8, 4) is 0 Å². The van der Waals surface area contributed by atoms with E-state index in [-0.39, 0.29) is 19.3 Å². The molecule has 0 radical (unpaired) electrons. The first-order valence-electron chi connectivity index (χ1n) is 7.69. The van der Waals surface area contributed by atoms with Gasteiger partial charge in [0.2, 0.25) is 0 Å². The summed E-state index contributed by atoms with van der Waals surface area (Å²) in [5.74, 6) is -2.75. The van der Waals surface area contributed by atoms with E-state index in [0.717, 1.165) is 25.7 Å². The second-order valence-corrected chi connectivity index (χ2v) is 5.08. The van der Waals surface area contributed by atoms with Crippen LogP contribution in [0.5, 0.6) is 0 Å². The van der Waals surface area contributed by atoms with Crippen molar-refractivity contribution in [1.82, 2.24) is 0 Å². The van der Waals surface area contributed by atoms with E-state index in [0.29, 0.717) is 13.2 Å². The number of carboxylic acids is 2. The van der Waals surface area contributed by atoms with Gasteiger partial charge in [0.25, 0.3) is 0 Å². The molecule has 0 aliphatic carbocycles. The zero-order valence-corrected chi connectivity index (χ0v) is 13.0. The van der Waals surface area contributed by atoms with E-state index in [1.807, 2.05) is 13.8 Å². The number of unbranched alkanes of at least 4 members (excludes halogenated alkanes) is 2. The van der Waals surface area contributed by atoms with Gasteiger partial charge in [0.05, 0.1) is 5.92 Å². The molecule has 0 saturated carbocycles. The number of rotatable bonds is 14. The van der Waals surface area contributed by atoms with E-state index in [1.165, 1.54) is 0 Å². The fraction of sp³-hybridized carbons (Fsp3) is 0.867. The molecule has 0 aliphatic heterocycles. The van der Waals surface area contributed by atoms with Gasteiger partial charge in [-0.05, 0) is 19.3 Å². The van der Waals surface area contributed by atoms with Crippen LogP contribution in [0.15, 0.2) is 0 Å². The van der Waals surface area contributed by atoms with Crippen LogP contribution in [-0.4, -0.2) is 41.7 Å². The Hall–Kier alpha value is -1.14. The molecule has 0 rings (SSSR count). The molecule has 1 unspecified atom stereocenters. The minimum absolute atomic E-state index is 0.0927. The molecule has 0 aliphatic rings. The lowest BCUT2D eigenvalue weighted by molar-refractivity contribution is -0.165. The Labute approximate surface area is 126 Å². The Bertz CT molecular complexity index is 282. The van der Waals surface area contributed by atoms with E-state index < -0.39 is 24.1 Å². The fourth-order valence-electron chi connectivity index (χ4n) is 1.77. The van der Waals surface area contributed by atoms with Crippen molar-refractivity contribution in [3.05, 3.63) is 0 Å². The normalized spacial score (nSPS) is 12.5. The lowest BCUT2D eigenvalue weighted by atomic mass is 9.99. The first kappa shape index (κ1) is 19.9. The molecule has 0 amide bonds. The van der Waals surface area contributed by atoms with Crippen LogP contribution in [0.4, 0.5) is 0 Å². The quantitative estimate of drug-likeness (QED) is 0.378. The molecular weight excluding hydrogens is 276 g/mol. The maximum Gasteiger partial charge on any atom is 0.306 e. The van der Waals surface area contributed by atoms with Crippen molar-refractivity contribution in [1.29, 1.82) is 0 Å². The van der Waals surface area contributed by atoms with Gasteiger partial charge in [-0.25, -0.2) is 0 Å². The Morgan fingerprint density at radius 1 is 1.00 bits per heavy atom. The molecular formula is C15H28O6. The summed E-state index contributed by atoms with van der Waals surface area (Å²) in [5.41, 5.74) is 0. The molecule has 0 spiro atoms. The summed E-state index contributed by atoms with van der Waals surface area (Å²) in [5, 5.41) is 17.8. The molecule has 0 saturated heterocycles. The van der Waals surface area contributed by atoms with Gasteiger partial charge < -0.3 is 19.7 Å². The Balaban J connectivity index is 4.39. The van der Waals surface area contributed by atoms with Crippen molar-refractivity contribution < 1.29 is 29.3 Å². The summed E-state index contributed by atoms with van der Waals surface area (Å²) < 4.78 is 11.2. The lowest BCUT2D eigenvalue weighted by Gasteiger charge is -2.22. The third kappa shape index (κ3) is 11.2. The molecule has 0 heterocycles. The van der Waals surface area contributed by atoms with E-state index in [2.05, 4.69) is 0 Å². The number of hydrogen-bond donors (Lipinski definition) is 2. The Morgan fingerprint density at radius 2 is 1.52 bits per heavy atom. The van der Waals surface area contributed by atoms with Crippen molar-refractivity contribution in [3.63, 3.8) is 0 Å². The maximum atomic E-state index is 11.2. The third-order valence-corrected chi connectivity index (χ3v) is 3.14. The van der Waals surface area contributed by atoms with Gasteiger partial charge >= 0.3 is 11.9 Å². The standard InChI is InChI=1S/C15H28O6/c1-3-5-9-20-14(21-10-6-4-2)11-12(15(18)19)7-8-13(16)17/h12,14H,3-11H2,1-2H3,(H,16,17)(H,18,19). The number of carbonyl (C=O) groups is 2. The predicted molar refractivity (Wildman–Crippen MR) is 78.1 cm³/mol. The zero-order chi connectivity index (χ0) is 16.1. The van der Waals surface area contributed by atoms with E-state index in [9.17, 15) is 14.7 Å². The lowest BCUT2D eigenvalue weighted by Crippen LogP contribution is -2.26. The highest BCUT2D eigenvalue weighted by molar-refractivity contribution is 5.72. The summed E-state index contributed by atoms with van der Waals surface area (Å²) in [6.45, 7) is 5.14. The van der Waals surface area contributed by atoms with Crippen molar-refractivity contribution in [2.75, 3.05) is 13.2 Å². The van der Waals surface area contributed by atoms with Crippen LogP contribution in [0.2, 0.25) is 0 Å². The summed E-state index contributed by atoms with van der Waals surface area (Å²) in [6, 6.07) is 0. The molecule has 0 aromatic carbocycles. The summed E-state index contributed by atoms with van der Waals surface area (Å²) in [7, 11) is 0. The highest BCUT2D eigenvalue weighted by atomic mass is 16.7. The zero-order valence-electron chi connectivity index (χ0n) is 13.0. The van der Waals surface area contributed by atoms with Crippen LogP contribution in [0, 0.1) is 5.92 Å². The SMILES string of the molecule is CCCCOC(CC(CCC(=O)O)C(=O)O)OCCCC. The molecule has 1 atom stereocenters. The summed E-state index contributed by atoms with van der Waals surface area (Å²) in [4.78, 5) is 21.8. The minimum atomic E-state index is -1.00. The highest BCUT2D eigenvalue weighted by Crippen LogP contribution is 2.18. The first-order chi connectivity index (χ1) is 10.0. The van der Waals surface area contributed by atoms with E-state index in [1.54, 1.807) is 0 Å². The predicted octanol–water partition coefficient (Wildman–Crippen LogP) is 2.90. The summed E-state index contributed by atoms with van der Waals surface area (Å²) in [6.07, 6.45) is 3.31. The molecule has 0 fully saturated rings. The van der Waals surface area contributed by atoms with Gasteiger partial charge in [-0.15, -0.1) is 0 Å². The van der Waals surface area contributed by atoms with Crippen molar-refractivity contribution in [2.24, 2.45) is 5.92 Å². The number of aliphatic carboxylic acids is 2. The molecule has 0 aromatic heterocycles. The van der Waals surface area contributed by atoms with Gasteiger partial charge in [0.1, 0.15) is 0 Å². The molecule has 0 aromatic rings. The van der Waals surface area contributed by atoms with Crippen LogP contribution >= 0.6 is 0 Å². The van der Waals surface area contributed by atoms with Crippen LogP contribution in [0.3, 0.4) is 0 Å². The van der Waals surface area contributed by atoms with Crippen LogP contribution in [-0.2, 0) is 19.1 Å². The highest BCUT2D eigenvalue weighted by Gasteiger charge is 2.24. The molecule has 6 heteroatoms. The average Bonchev–Trinajstić information content (AvgIpc) is 2.42. The van der Waals surface area contributed by atoms with Crippen LogP contribution < -0.4 is 0 Å². The number of hydrogen-bond acceptors (Lipinski definition) is 4. The van der Waals surface area contributed by atoms with Gasteiger partial charge in [-0.2, -0.15) is 0 Å².